The topological polar surface area (TPSA) is 55.2 Å². The van der Waals surface area contributed by atoms with Gasteiger partial charge in [0.15, 0.2) is 0 Å². The lowest BCUT2D eigenvalue weighted by atomic mass is 10.2. The number of hydrogen-bond donors (Lipinski definition) is 1. The first kappa shape index (κ1) is 11.4. The van der Waals surface area contributed by atoms with E-state index in [2.05, 4.69) is 11.9 Å². The Bertz CT molecular complexity index is 346. The molecule has 0 saturated carbocycles. The lowest BCUT2D eigenvalue weighted by Crippen LogP contribution is -2.22. The summed E-state index contributed by atoms with van der Waals surface area (Å²) in [6.45, 7) is 6.34. The number of nitrogens with zero attached hydrogens (tertiary/aromatic N) is 1. The van der Waals surface area contributed by atoms with Gasteiger partial charge in [0.2, 0.25) is 0 Å². The maximum atomic E-state index is 10.4. The van der Waals surface area contributed by atoms with Gasteiger partial charge in [-0.25, -0.2) is 0 Å². The molecular formula is C11H14N2O2. The van der Waals surface area contributed by atoms with Crippen LogP contribution in [-0.2, 0) is 6.54 Å². The number of nitro groups is 1. The van der Waals surface area contributed by atoms with Gasteiger partial charge in [0.05, 0.1) is 4.92 Å². The lowest BCUT2D eigenvalue weighted by Gasteiger charge is -2.08. The molecule has 4 heteroatoms. The summed E-state index contributed by atoms with van der Waals surface area (Å²) in [6.07, 6.45) is 1.81. The molecule has 4 nitrogen and oxygen atoms in total. The maximum Gasteiger partial charge on any atom is 0.269 e. The molecule has 0 radical (unpaired) electrons. The standard InChI is InChI=1S/C11H14N2O2/c1-3-9(2)12-8-10-4-6-11(7-5-10)13(14)15/h3-7,9,12H,1,8H2,2H3. The van der Waals surface area contributed by atoms with E-state index in [4.69, 9.17) is 0 Å². The van der Waals surface area contributed by atoms with E-state index in [-0.39, 0.29) is 11.7 Å². The molecule has 0 aliphatic rings. The quantitative estimate of drug-likeness (QED) is 0.456. The minimum absolute atomic E-state index is 0.121. The third kappa shape index (κ3) is 3.52. The molecule has 0 amide bonds. The van der Waals surface area contributed by atoms with Gasteiger partial charge in [0.25, 0.3) is 5.69 Å². The molecule has 0 aromatic heterocycles. The Morgan fingerprint density at radius 2 is 2.13 bits per heavy atom. The summed E-state index contributed by atoms with van der Waals surface area (Å²) < 4.78 is 0. The largest absolute Gasteiger partial charge is 0.307 e. The van der Waals surface area contributed by atoms with E-state index in [0.717, 1.165) is 5.56 Å². The van der Waals surface area contributed by atoms with Crippen molar-refractivity contribution in [2.75, 3.05) is 0 Å². The first-order valence-corrected chi connectivity index (χ1v) is 4.72. The van der Waals surface area contributed by atoms with Gasteiger partial charge in [-0.2, -0.15) is 0 Å². The van der Waals surface area contributed by atoms with Gasteiger partial charge in [-0.05, 0) is 12.5 Å². The number of benzene rings is 1. The first-order chi connectivity index (χ1) is 7.13. The van der Waals surface area contributed by atoms with Gasteiger partial charge < -0.3 is 5.32 Å². The van der Waals surface area contributed by atoms with Crippen LogP contribution in [0.1, 0.15) is 12.5 Å². The van der Waals surface area contributed by atoms with E-state index in [9.17, 15) is 10.1 Å². The van der Waals surface area contributed by atoms with E-state index in [1.165, 1.54) is 12.1 Å². The van der Waals surface area contributed by atoms with Crippen LogP contribution in [0.3, 0.4) is 0 Å². The highest BCUT2D eigenvalue weighted by atomic mass is 16.6. The molecule has 1 atom stereocenters. The molecule has 0 spiro atoms. The van der Waals surface area contributed by atoms with Crippen LogP contribution in [0.25, 0.3) is 0 Å². The van der Waals surface area contributed by atoms with Crippen LogP contribution in [0.5, 0.6) is 0 Å². The zero-order valence-electron chi connectivity index (χ0n) is 8.64. The Kier molecular flexibility index (Phi) is 4.00. The number of hydrogen-bond acceptors (Lipinski definition) is 3. The maximum absolute atomic E-state index is 10.4. The van der Waals surface area contributed by atoms with E-state index in [1.807, 2.05) is 13.0 Å². The van der Waals surface area contributed by atoms with E-state index >= 15 is 0 Å². The van der Waals surface area contributed by atoms with E-state index in [1.54, 1.807) is 12.1 Å². The second-order valence-electron chi connectivity index (χ2n) is 3.33. The predicted molar refractivity (Wildman–Crippen MR) is 59.6 cm³/mol. The summed E-state index contributed by atoms with van der Waals surface area (Å²) in [6, 6.07) is 6.76. The SMILES string of the molecule is C=CC(C)NCc1ccc([N+](=O)[O-])cc1. The fraction of sp³-hybridized carbons (Fsp3) is 0.273. The van der Waals surface area contributed by atoms with Crippen LogP contribution < -0.4 is 5.32 Å². The van der Waals surface area contributed by atoms with Crippen LogP contribution in [0, 0.1) is 10.1 Å². The van der Waals surface area contributed by atoms with Crippen molar-refractivity contribution >= 4 is 5.69 Å². The minimum Gasteiger partial charge on any atom is -0.307 e. The summed E-state index contributed by atoms with van der Waals surface area (Å²) in [5.41, 5.74) is 1.14. The fourth-order valence-electron chi connectivity index (χ4n) is 1.10. The van der Waals surface area contributed by atoms with Crippen molar-refractivity contribution in [1.82, 2.24) is 5.32 Å². The molecule has 1 N–H and O–H groups in total. The Balaban J connectivity index is 2.57. The molecule has 1 rings (SSSR count). The Hall–Kier alpha value is -1.68. The van der Waals surface area contributed by atoms with Gasteiger partial charge in [0, 0.05) is 24.7 Å². The van der Waals surface area contributed by atoms with Gasteiger partial charge in [-0.15, -0.1) is 6.58 Å². The minimum atomic E-state index is -0.399. The number of nitrogens with one attached hydrogen (secondary N) is 1. The molecule has 80 valence electrons. The summed E-state index contributed by atoms with van der Waals surface area (Å²) in [7, 11) is 0. The molecule has 1 aromatic rings. The Morgan fingerprint density at radius 1 is 1.53 bits per heavy atom. The van der Waals surface area contributed by atoms with Crippen molar-refractivity contribution in [1.29, 1.82) is 0 Å². The number of nitro benzene ring substituents is 1. The van der Waals surface area contributed by atoms with Crippen molar-refractivity contribution in [3.8, 4) is 0 Å². The van der Waals surface area contributed by atoms with Crippen molar-refractivity contribution in [2.45, 2.75) is 19.5 Å². The molecule has 15 heavy (non-hydrogen) atoms. The monoisotopic (exact) mass is 206 g/mol. The van der Waals surface area contributed by atoms with Crippen molar-refractivity contribution in [3.05, 3.63) is 52.6 Å². The summed E-state index contributed by atoms with van der Waals surface area (Å²) in [4.78, 5) is 10.0. The van der Waals surface area contributed by atoms with E-state index in [0.29, 0.717) is 6.54 Å². The van der Waals surface area contributed by atoms with Crippen LogP contribution in [-0.4, -0.2) is 11.0 Å². The summed E-state index contributed by atoms with van der Waals surface area (Å²) in [5.74, 6) is 0. The van der Waals surface area contributed by atoms with Gasteiger partial charge in [-0.3, -0.25) is 10.1 Å². The van der Waals surface area contributed by atoms with Crippen molar-refractivity contribution in [2.24, 2.45) is 0 Å². The van der Waals surface area contributed by atoms with Crippen molar-refractivity contribution in [3.63, 3.8) is 0 Å². The van der Waals surface area contributed by atoms with Gasteiger partial charge in [-0.1, -0.05) is 18.2 Å². The third-order valence-electron chi connectivity index (χ3n) is 2.13. The predicted octanol–water partition coefficient (Wildman–Crippen LogP) is 2.26. The molecule has 0 saturated heterocycles. The molecule has 0 aliphatic heterocycles. The highest BCUT2D eigenvalue weighted by Crippen LogP contribution is 2.11. The molecule has 1 unspecified atom stereocenters. The van der Waals surface area contributed by atoms with E-state index < -0.39 is 4.92 Å². The van der Waals surface area contributed by atoms with Crippen molar-refractivity contribution < 1.29 is 4.92 Å². The summed E-state index contributed by atoms with van der Waals surface area (Å²) >= 11 is 0. The second-order valence-corrected chi connectivity index (χ2v) is 3.33. The fourth-order valence-corrected chi connectivity index (χ4v) is 1.10. The average molecular weight is 206 g/mol. The van der Waals surface area contributed by atoms with Crippen LogP contribution in [0.2, 0.25) is 0 Å². The Morgan fingerprint density at radius 3 is 2.60 bits per heavy atom. The zero-order valence-corrected chi connectivity index (χ0v) is 8.64. The third-order valence-corrected chi connectivity index (χ3v) is 2.13. The molecule has 0 fully saturated rings. The lowest BCUT2D eigenvalue weighted by molar-refractivity contribution is -0.384. The molecule has 0 heterocycles. The first-order valence-electron chi connectivity index (χ1n) is 4.72. The second kappa shape index (κ2) is 5.26. The zero-order chi connectivity index (χ0) is 11.3. The molecule has 1 aromatic carbocycles. The van der Waals surface area contributed by atoms with Crippen LogP contribution in [0.4, 0.5) is 5.69 Å². The van der Waals surface area contributed by atoms with Gasteiger partial charge >= 0.3 is 0 Å². The highest BCUT2D eigenvalue weighted by Gasteiger charge is 2.03. The number of rotatable bonds is 5. The normalized spacial score (nSPS) is 12.1. The smallest absolute Gasteiger partial charge is 0.269 e. The highest BCUT2D eigenvalue weighted by molar-refractivity contribution is 5.32. The Labute approximate surface area is 88.8 Å². The van der Waals surface area contributed by atoms with Gasteiger partial charge in [0.1, 0.15) is 0 Å². The molecule has 0 aliphatic carbocycles. The van der Waals surface area contributed by atoms with Crippen LogP contribution >= 0.6 is 0 Å². The summed E-state index contributed by atoms with van der Waals surface area (Å²) in [5, 5.41) is 13.6. The number of non-ortho nitro benzene ring substituents is 1. The van der Waals surface area contributed by atoms with Crippen LogP contribution in [0.15, 0.2) is 36.9 Å². The average Bonchev–Trinajstić information content (AvgIpc) is 2.26. The molecular weight excluding hydrogens is 192 g/mol. The molecule has 0 bridgehead atoms.